The molecule has 7 nitrogen and oxygen atoms in total. The molecule has 3 rings (SSSR count). The van der Waals surface area contributed by atoms with Gasteiger partial charge in [-0.1, -0.05) is 42.0 Å². The van der Waals surface area contributed by atoms with Crippen molar-refractivity contribution in [2.75, 3.05) is 6.54 Å². The van der Waals surface area contributed by atoms with Crippen LogP contribution in [0.5, 0.6) is 0 Å². The number of halogens is 3. The van der Waals surface area contributed by atoms with E-state index < -0.39 is 42.5 Å². The van der Waals surface area contributed by atoms with Crippen molar-refractivity contribution in [1.29, 1.82) is 0 Å². The van der Waals surface area contributed by atoms with Crippen molar-refractivity contribution in [3.63, 3.8) is 0 Å². The van der Waals surface area contributed by atoms with Crippen LogP contribution in [0.3, 0.4) is 0 Å². The van der Waals surface area contributed by atoms with Crippen LogP contribution in [0.2, 0.25) is 0 Å². The zero-order chi connectivity index (χ0) is 22.9. The summed E-state index contributed by atoms with van der Waals surface area (Å²) in [6.07, 6.45) is -6.85. The first-order chi connectivity index (χ1) is 14.5. The van der Waals surface area contributed by atoms with Crippen LogP contribution in [0.25, 0.3) is 0 Å². The number of amides is 3. The highest BCUT2D eigenvalue weighted by Gasteiger charge is 2.45. The van der Waals surface area contributed by atoms with Crippen LogP contribution < -0.4 is 0 Å². The Morgan fingerprint density at radius 2 is 1.61 bits per heavy atom. The molecule has 0 aliphatic carbocycles. The fraction of sp³-hybridized carbons (Fsp3) is 0.238. The number of imide groups is 1. The lowest BCUT2D eigenvalue weighted by molar-refractivity contribution is -0.207. The Balaban J connectivity index is 1.97. The third kappa shape index (κ3) is 4.42. The highest BCUT2D eigenvalue weighted by atomic mass is 19.4. The van der Waals surface area contributed by atoms with E-state index >= 15 is 0 Å². The molecule has 1 heterocycles. The van der Waals surface area contributed by atoms with Crippen LogP contribution in [0.1, 0.15) is 44.9 Å². The summed E-state index contributed by atoms with van der Waals surface area (Å²) in [5.74, 6) is -4.86. The van der Waals surface area contributed by atoms with Crippen LogP contribution in [0.15, 0.2) is 48.5 Å². The minimum atomic E-state index is -5.27. The van der Waals surface area contributed by atoms with Crippen molar-refractivity contribution >= 4 is 23.7 Å². The molecule has 3 amide bonds. The molecule has 162 valence electrons. The molecule has 0 saturated heterocycles. The molecule has 0 radical (unpaired) electrons. The Bertz CT molecular complexity index is 1030. The fourth-order valence-corrected chi connectivity index (χ4v) is 3.18. The van der Waals surface area contributed by atoms with Gasteiger partial charge < -0.3 is 4.74 Å². The average Bonchev–Trinajstić information content (AvgIpc) is 2.95. The van der Waals surface area contributed by atoms with Crippen LogP contribution in [0.4, 0.5) is 13.2 Å². The zero-order valence-electron chi connectivity index (χ0n) is 16.5. The van der Waals surface area contributed by atoms with Crippen LogP contribution in [-0.4, -0.2) is 46.4 Å². The van der Waals surface area contributed by atoms with Gasteiger partial charge in [-0.05, 0) is 24.6 Å². The number of carbonyl (C=O) groups excluding carboxylic acids is 4. The van der Waals surface area contributed by atoms with E-state index in [0.29, 0.717) is 15.6 Å². The number of hydrazine groups is 1. The second-order valence-electron chi connectivity index (χ2n) is 6.87. The number of hydrogen-bond acceptors (Lipinski definition) is 5. The van der Waals surface area contributed by atoms with E-state index in [2.05, 4.69) is 4.74 Å². The van der Waals surface area contributed by atoms with Gasteiger partial charge in [0.25, 0.3) is 11.8 Å². The molecule has 1 unspecified atom stereocenters. The average molecular weight is 434 g/mol. The fourth-order valence-electron chi connectivity index (χ4n) is 3.18. The molecule has 2 aromatic rings. The van der Waals surface area contributed by atoms with Gasteiger partial charge in [-0.15, -0.1) is 0 Å². The number of carbonyl (C=O) groups is 4. The van der Waals surface area contributed by atoms with Gasteiger partial charge in [-0.3, -0.25) is 14.4 Å². The number of ether oxygens (including phenoxy) is 1. The Morgan fingerprint density at radius 1 is 1.03 bits per heavy atom. The predicted molar refractivity (Wildman–Crippen MR) is 100 cm³/mol. The molecule has 0 aromatic heterocycles. The largest absolute Gasteiger partial charge is 0.490 e. The number of benzene rings is 2. The third-order valence-electron chi connectivity index (χ3n) is 4.61. The lowest BCUT2D eigenvalue weighted by Gasteiger charge is -2.32. The summed E-state index contributed by atoms with van der Waals surface area (Å²) in [5, 5.41) is 1.23. The van der Waals surface area contributed by atoms with Gasteiger partial charge in [0, 0.05) is 6.92 Å². The molecule has 0 spiro atoms. The molecule has 10 heteroatoms. The molecule has 1 aliphatic heterocycles. The van der Waals surface area contributed by atoms with Gasteiger partial charge in [-0.25, -0.2) is 9.80 Å². The number of hydrogen-bond donors (Lipinski definition) is 0. The molecule has 31 heavy (non-hydrogen) atoms. The predicted octanol–water partition coefficient (Wildman–Crippen LogP) is 3.20. The van der Waals surface area contributed by atoms with E-state index in [1.807, 2.05) is 0 Å². The highest BCUT2D eigenvalue weighted by molar-refractivity contribution is 6.21. The summed E-state index contributed by atoms with van der Waals surface area (Å²) in [4.78, 5) is 49.3. The van der Waals surface area contributed by atoms with E-state index in [1.54, 1.807) is 19.1 Å². The van der Waals surface area contributed by atoms with Crippen LogP contribution in [-0.2, 0) is 14.3 Å². The molecule has 0 bridgehead atoms. The first-order valence-electron chi connectivity index (χ1n) is 9.11. The highest BCUT2D eigenvalue weighted by Crippen LogP contribution is 2.29. The lowest BCUT2D eigenvalue weighted by Crippen LogP contribution is -2.51. The molecule has 2 aromatic carbocycles. The zero-order valence-corrected chi connectivity index (χ0v) is 16.5. The number of fused-ring (bicyclic) bond motifs is 1. The lowest BCUT2D eigenvalue weighted by atomic mass is 10.1. The normalized spacial score (nSPS) is 14.3. The SMILES string of the molecule is CC(=O)N(CC(OC(=O)C(F)(F)F)c1cccc(C)c1)N1C(=O)c2ccccc2C1=O. The Morgan fingerprint density at radius 3 is 2.10 bits per heavy atom. The van der Waals surface area contributed by atoms with Gasteiger partial charge in [0.1, 0.15) is 6.10 Å². The molecular formula is C21H17F3N2O5. The maximum absolute atomic E-state index is 12.8. The maximum atomic E-state index is 12.8. The summed E-state index contributed by atoms with van der Waals surface area (Å²) in [6, 6.07) is 12.0. The third-order valence-corrected chi connectivity index (χ3v) is 4.61. The standard InChI is InChI=1S/C21H17F3N2O5/c1-12-6-5-7-14(10-12)17(31-20(30)21(22,23)24)11-25(13(2)27)26-18(28)15-8-3-4-9-16(15)19(26)29/h3-10,17H,11H2,1-2H3. The van der Waals surface area contributed by atoms with Crippen molar-refractivity contribution in [3.05, 3.63) is 70.8 Å². The quantitative estimate of drug-likeness (QED) is 0.533. The number of rotatable bonds is 5. The van der Waals surface area contributed by atoms with Crippen LogP contribution in [0, 0.1) is 6.92 Å². The van der Waals surface area contributed by atoms with Crippen molar-refractivity contribution in [3.8, 4) is 0 Å². The number of nitrogens with zero attached hydrogens (tertiary/aromatic N) is 2. The van der Waals surface area contributed by atoms with Crippen molar-refractivity contribution in [2.45, 2.75) is 26.1 Å². The Labute approximate surface area is 175 Å². The molecule has 0 saturated carbocycles. The summed E-state index contributed by atoms with van der Waals surface area (Å²) in [6.45, 7) is 2.05. The van der Waals surface area contributed by atoms with E-state index in [9.17, 15) is 32.3 Å². The summed E-state index contributed by atoms with van der Waals surface area (Å²) in [5.41, 5.74) is 0.942. The van der Waals surface area contributed by atoms with E-state index in [1.165, 1.54) is 36.4 Å². The number of esters is 1. The Hall–Kier alpha value is -3.69. The number of alkyl halides is 3. The first-order valence-corrected chi connectivity index (χ1v) is 9.11. The second-order valence-corrected chi connectivity index (χ2v) is 6.87. The Kier molecular flexibility index (Phi) is 5.83. The summed E-state index contributed by atoms with van der Waals surface area (Å²) < 4.78 is 43.1. The van der Waals surface area contributed by atoms with Gasteiger partial charge in [0.15, 0.2) is 0 Å². The summed E-state index contributed by atoms with van der Waals surface area (Å²) >= 11 is 0. The smallest absolute Gasteiger partial charge is 0.449 e. The van der Waals surface area contributed by atoms with Gasteiger partial charge in [0.05, 0.1) is 17.7 Å². The minimum Gasteiger partial charge on any atom is -0.449 e. The van der Waals surface area contributed by atoms with Gasteiger partial charge in [-0.2, -0.15) is 18.2 Å². The number of aryl methyl sites for hydroxylation is 1. The van der Waals surface area contributed by atoms with Crippen molar-refractivity contribution in [2.24, 2.45) is 0 Å². The van der Waals surface area contributed by atoms with Crippen molar-refractivity contribution in [1.82, 2.24) is 10.0 Å². The topological polar surface area (TPSA) is 84.0 Å². The monoisotopic (exact) mass is 434 g/mol. The van der Waals surface area contributed by atoms with E-state index in [0.717, 1.165) is 6.92 Å². The molecular weight excluding hydrogens is 417 g/mol. The molecule has 1 atom stereocenters. The minimum absolute atomic E-state index is 0.0538. The maximum Gasteiger partial charge on any atom is 0.490 e. The van der Waals surface area contributed by atoms with E-state index in [4.69, 9.17) is 0 Å². The van der Waals surface area contributed by atoms with Gasteiger partial charge in [0.2, 0.25) is 5.91 Å². The molecule has 0 N–H and O–H groups in total. The van der Waals surface area contributed by atoms with E-state index in [-0.39, 0.29) is 16.7 Å². The summed E-state index contributed by atoms with van der Waals surface area (Å²) in [7, 11) is 0. The van der Waals surface area contributed by atoms with Crippen LogP contribution >= 0.6 is 0 Å². The molecule has 0 fully saturated rings. The van der Waals surface area contributed by atoms with Gasteiger partial charge >= 0.3 is 12.1 Å². The first kappa shape index (κ1) is 22.0. The second kappa shape index (κ2) is 8.21. The molecule has 1 aliphatic rings. The van der Waals surface area contributed by atoms with Crippen molar-refractivity contribution < 1.29 is 37.1 Å².